The largest absolute Gasteiger partial charge is 0.495 e. The molecule has 3 rings (SSSR count). The third-order valence-electron chi connectivity index (χ3n) is 4.71. The molecule has 1 unspecified atom stereocenters. The van der Waals surface area contributed by atoms with Gasteiger partial charge in [-0.1, -0.05) is 24.3 Å². The Morgan fingerprint density at radius 1 is 1.23 bits per heavy atom. The first-order valence-corrected chi connectivity index (χ1v) is 10.4. The maximum atomic E-state index is 12.6. The predicted octanol–water partition coefficient (Wildman–Crippen LogP) is 3.96. The Morgan fingerprint density at radius 2 is 2.00 bits per heavy atom. The van der Waals surface area contributed by atoms with Crippen LogP contribution in [0.25, 0.3) is 0 Å². The number of piperidine rings is 1. The Kier molecular flexibility index (Phi) is 6.45. The van der Waals surface area contributed by atoms with Crippen molar-refractivity contribution in [1.82, 2.24) is 5.32 Å². The van der Waals surface area contributed by atoms with Gasteiger partial charge in [0.15, 0.2) is 0 Å². The van der Waals surface area contributed by atoms with E-state index in [1.807, 2.05) is 42.5 Å². The molecule has 2 aromatic rings. The predicted molar refractivity (Wildman–Crippen MR) is 109 cm³/mol. The summed E-state index contributed by atoms with van der Waals surface area (Å²) in [6.45, 7) is 1.78. The number of ether oxygens (including phenoxy) is 1. The first kappa shape index (κ1) is 18.6. The summed E-state index contributed by atoms with van der Waals surface area (Å²) in [5.74, 6) is 1.86. The Bertz CT molecular complexity index is 733. The molecule has 1 amide bonds. The molecule has 2 aromatic carbocycles. The fourth-order valence-electron chi connectivity index (χ4n) is 3.39. The van der Waals surface area contributed by atoms with Crippen LogP contribution in [-0.4, -0.2) is 38.4 Å². The number of carbonyl (C=O) groups is 1. The number of amides is 1. The number of rotatable bonds is 6. The average Bonchev–Trinajstić information content (AvgIpc) is 2.69. The number of para-hydroxylation sites is 2. The molecule has 0 saturated carbocycles. The van der Waals surface area contributed by atoms with Crippen molar-refractivity contribution in [2.75, 3.05) is 31.4 Å². The Balaban J connectivity index is 1.63. The van der Waals surface area contributed by atoms with Crippen LogP contribution in [0.4, 0.5) is 5.69 Å². The topological polar surface area (TPSA) is 41.6 Å². The van der Waals surface area contributed by atoms with E-state index in [9.17, 15) is 4.79 Å². The van der Waals surface area contributed by atoms with Crippen LogP contribution in [-0.2, 0) is 5.75 Å². The second-order valence-corrected chi connectivity index (χ2v) is 7.43. The first-order chi connectivity index (χ1) is 12.7. The molecule has 5 heteroatoms. The highest BCUT2D eigenvalue weighted by Gasteiger charge is 2.23. The Labute approximate surface area is 159 Å². The molecule has 1 saturated heterocycles. The second-order valence-electron chi connectivity index (χ2n) is 6.56. The van der Waals surface area contributed by atoms with E-state index >= 15 is 0 Å². The van der Waals surface area contributed by atoms with E-state index in [0.29, 0.717) is 0 Å². The van der Waals surface area contributed by atoms with Gasteiger partial charge in [-0.25, -0.2) is 0 Å². The van der Waals surface area contributed by atoms with Crippen molar-refractivity contribution >= 4 is 23.4 Å². The number of anilines is 1. The lowest BCUT2D eigenvalue weighted by atomic mass is 10.0. The molecule has 4 nitrogen and oxygen atoms in total. The molecule has 0 aromatic heterocycles. The maximum Gasteiger partial charge on any atom is 0.251 e. The Morgan fingerprint density at radius 3 is 2.73 bits per heavy atom. The molecule has 0 bridgehead atoms. The normalized spacial score (nSPS) is 17.0. The van der Waals surface area contributed by atoms with Crippen LogP contribution >= 0.6 is 11.8 Å². The van der Waals surface area contributed by atoms with Gasteiger partial charge in [0.05, 0.1) is 12.8 Å². The van der Waals surface area contributed by atoms with Crippen LogP contribution in [0.1, 0.15) is 28.8 Å². The third kappa shape index (κ3) is 4.52. The zero-order chi connectivity index (χ0) is 18.4. The number of methoxy groups -OCH3 is 1. The van der Waals surface area contributed by atoms with Crippen LogP contribution in [0.15, 0.2) is 48.5 Å². The minimum atomic E-state index is 0.00702. The standard InChI is InChI=1S/C21H26N2O2S/c1-25-20-8-4-3-7-19(20)23-13-5-6-18(14-23)22-21(24)17-11-9-16(10-12-17)15-26-2/h3-4,7-12,18H,5-6,13-15H2,1-2H3,(H,22,24). The van der Waals surface area contributed by atoms with Crippen molar-refractivity contribution in [2.24, 2.45) is 0 Å². The molecule has 1 N–H and O–H groups in total. The molecular weight excluding hydrogens is 344 g/mol. The highest BCUT2D eigenvalue weighted by atomic mass is 32.2. The zero-order valence-corrected chi connectivity index (χ0v) is 16.2. The fourth-order valence-corrected chi connectivity index (χ4v) is 3.92. The molecule has 0 aliphatic carbocycles. The summed E-state index contributed by atoms with van der Waals surface area (Å²) < 4.78 is 5.48. The minimum Gasteiger partial charge on any atom is -0.495 e. The van der Waals surface area contributed by atoms with Crippen LogP contribution in [0.2, 0.25) is 0 Å². The van der Waals surface area contributed by atoms with Gasteiger partial charge in [0, 0.05) is 30.4 Å². The van der Waals surface area contributed by atoms with Gasteiger partial charge in [-0.2, -0.15) is 11.8 Å². The molecule has 1 aliphatic heterocycles. The molecule has 138 valence electrons. The van der Waals surface area contributed by atoms with Crippen molar-refractivity contribution in [3.63, 3.8) is 0 Å². The summed E-state index contributed by atoms with van der Waals surface area (Å²) in [7, 11) is 1.70. The van der Waals surface area contributed by atoms with Crippen LogP contribution in [0.5, 0.6) is 5.75 Å². The van der Waals surface area contributed by atoms with Gasteiger partial charge in [0.2, 0.25) is 0 Å². The average molecular weight is 371 g/mol. The first-order valence-electron chi connectivity index (χ1n) is 8.98. The molecule has 1 atom stereocenters. The molecule has 0 spiro atoms. The van der Waals surface area contributed by atoms with Crippen LogP contribution in [0.3, 0.4) is 0 Å². The van der Waals surface area contributed by atoms with Crippen molar-refractivity contribution in [1.29, 1.82) is 0 Å². The molecule has 0 radical (unpaired) electrons. The third-order valence-corrected chi connectivity index (χ3v) is 5.33. The van der Waals surface area contributed by atoms with Gasteiger partial charge in [0.1, 0.15) is 5.75 Å². The molecule has 1 aliphatic rings. The summed E-state index contributed by atoms with van der Waals surface area (Å²) in [5, 5.41) is 3.20. The number of carbonyl (C=O) groups excluding carboxylic acids is 1. The number of hydrogen-bond donors (Lipinski definition) is 1. The zero-order valence-electron chi connectivity index (χ0n) is 15.4. The second kappa shape index (κ2) is 8.99. The molecule has 1 heterocycles. The Hall–Kier alpha value is -2.14. The van der Waals surface area contributed by atoms with E-state index in [-0.39, 0.29) is 11.9 Å². The van der Waals surface area contributed by atoms with Gasteiger partial charge in [0.25, 0.3) is 5.91 Å². The quantitative estimate of drug-likeness (QED) is 0.836. The molecule has 1 fully saturated rings. The van der Waals surface area contributed by atoms with Gasteiger partial charge >= 0.3 is 0 Å². The minimum absolute atomic E-state index is 0.00702. The van der Waals surface area contributed by atoms with Gasteiger partial charge in [-0.15, -0.1) is 0 Å². The van der Waals surface area contributed by atoms with Crippen molar-refractivity contribution in [3.05, 3.63) is 59.7 Å². The van der Waals surface area contributed by atoms with Crippen LogP contribution < -0.4 is 15.0 Å². The van der Waals surface area contributed by atoms with E-state index in [1.165, 1.54) is 5.56 Å². The number of thioether (sulfide) groups is 1. The van der Waals surface area contributed by atoms with E-state index in [2.05, 4.69) is 22.5 Å². The summed E-state index contributed by atoms with van der Waals surface area (Å²) in [4.78, 5) is 14.9. The van der Waals surface area contributed by atoms with Gasteiger partial charge in [-0.3, -0.25) is 4.79 Å². The van der Waals surface area contributed by atoms with E-state index in [1.54, 1.807) is 18.9 Å². The lowest BCUT2D eigenvalue weighted by Crippen LogP contribution is -2.47. The van der Waals surface area contributed by atoms with E-state index < -0.39 is 0 Å². The van der Waals surface area contributed by atoms with Crippen LogP contribution in [0, 0.1) is 0 Å². The monoisotopic (exact) mass is 370 g/mol. The summed E-state index contributed by atoms with van der Waals surface area (Å²) in [6.07, 6.45) is 4.13. The highest BCUT2D eigenvalue weighted by Crippen LogP contribution is 2.29. The number of nitrogens with zero attached hydrogens (tertiary/aromatic N) is 1. The van der Waals surface area contributed by atoms with Gasteiger partial charge < -0.3 is 15.0 Å². The lowest BCUT2D eigenvalue weighted by molar-refractivity contribution is 0.0933. The summed E-state index contributed by atoms with van der Waals surface area (Å²) >= 11 is 1.78. The molecule has 26 heavy (non-hydrogen) atoms. The smallest absolute Gasteiger partial charge is 0.251 e. The van der Waals surface area contributed by atoms with Crippen molar-refractivity contribution < 1.29 is 9.53 Å². The van der Waals surface area contributed by atoms with Crippen molar-refractivity contribution in [3.8, 4) is 5.75 Å². The molecular formula is C21H26N2O2S. The maximum absolute atomic E-state index is 12.6. The van der Waals surface area contributed by atoms with E-state index in [4.69, 9.17) is 4.74 Å². The number of hydrogen-bond acceptors (Lipinski definition) is 4. The summed E-state index contributed by atoms with van der Waals surface area (Å²) in [5.41, 5.74) is 3.06. The fraction of sp³-hybridized carbons (Fsp3) is 0.381. The highest BCUT2D eigenvalue weighted by molar-refractivity contribution is 7.97. The summed E-state index contributed by atoms with van der Waals surface area (Å²) in [6, 6.07) is 16.1. The SMILES string of the molecule is COc1ccccc1N1CCCC(NC(=O)c2ccc(CSC)cc2)C1. The number of nitrogens with one attached hydrogen (secondary N) is 1. The van der Waals surface area contributed by atoms with E-state index in [0.717, 1.165) is 48.7 Å². The lowest BCUT2D eigenvalue weighted by Gasteiger charge is -2.35. The number of benzene rings is 2. The van der Waals surface area contributed by atoms with Gasteiger partial charge in [-0.05, 0) is 48.9 Å². The van der Waals surface area contributed by atoms with Crippen molar-refractivity contribution in [2.45, 2.75) is 24.6 Å².